The maximum absolute atomic E-state index is 10.7. The number of anilines is 1. The Bertz CT molecular complexity index is 348. The Morgan fingerprint density at radius 2 is 2.43 bits per heavy atom. The van der Waals surface area contributed by atoms with Crippen LogP contribution in [0.5, 0.6) is 0 Å². The number of rotatable bonds is 4. The summed E-state index contributed by atoms with van der Waals surface area (Å²) in [5.41, 5.74) is 0.764. The first kappa shape index (κ1) is 10.6. The Kier molecular flexibility index (Phi) is 3.58. The molecule has 14 heavy (non-hydrogen) atoms. The lowest BCUT2D eigenvalue weighted by atomic mass is 10.4. The van der Waals surface area contributed by atoms with Crippen molar-refractivity contribution in [1.29, 1.82) is 0 Å². The number of hydrogen-bond donors (Lipinski definition) is 1. The van der Waals surface area contributed by atoms with E-state index in [0.29, 0.717) is 11.6 Å². The summed E-state index contributed by atoms with van der Waals surface area (Å²) in [6.07, 6.45) is 0. The molecule has 1 heterocycles. The largest absolute Gasteiger partial charge is 0.462 e. The Hall–Kier alpha value is -1.43. The lowest BCUT2D eigenvalue weighted by Crippen LogP contribution is -2.04. The van der Waals surface area contributed by atoms with Gasteiger partial charge < -0.3 is 10.1 Å². The standard InChI is InChI=1S/C8H10N2O3S/c1-5-7(3-13-4-11)14-8(9-5)10-6(2)12/h4H,3H2,1-2H3,(H,9,10,12). The zero-order valence-corrected chi connectivity index (χ0v) is 8.68. The van der Waals surface area contributed by atoms with Crippen molar-refractivity contribution in [3.63, 3.8) is 0 Å². The van der Waals surface area contributed by atoms with Gasteiger partial charge in [-0.2, -0.15) is 0 Å². The van der Waals surface area contributed by atoms with Crippen molar-refractivity contribution < 1.29 is 14.3 Å². The highest BCUT2D eigenvalue weighted by atomic mass is 32.1. The van der Waals surface area contributed by atoms with Gasteiger partial charge in [0.2, 0.25) is 5.91 Å². The van der Waals surface area contributed by atoms with Crippen LogP contribution in [-0.4, -0.2) is 17.4 Å². The van der Waals surface area contributed by atoms with Crippen LogP contribution in [0.25, 0.3) is 0 Å². The molecule has 1 aromatic heterocycles. The topological polar surface area (TPSA) is 68.3 Å². The molecule has 1 amide bonds. The van der Waals surface area contributed by atoms with Crippen molar-refractivity contribution in [2.24, 2.45) is 0 Å². The molecule has 0 aromatic carbocycles. The van der Waals surface area contributed by atoms with E-state index in [0.717, 1.165) is 10.6 Å². The molecule has 1 rings (SSSR count). The average molecular weight is 214 g/mol. The van der Waals surface area contributed by atoms with Gasteiger partial charge in [-0.3, -0.25) is 9.59 Å². The monoisotopic (exact) mass is 214 g/mol. The Labute approximate surface area is 85.1 Å². The van der Waals surface area contributed by atoms with Crippen molar-refractivity contribution in [2.45, 2.75) is 20.5 Å². The smallest absolute Gasteiger partial charge is 0.293 e. The Balaban J connectivity index is 2.71. The van der Waals surface area contributed by atoms with Gasteiger partial charge >= 0.3 is 0 Å². The molecule has 0 unspecified atom stereocenters. The SMILES string of the molecule is CC(=O)Nc1nc(C)c(COC=O)s1. The molecular weight excluding hydrogens is 204 g/mol. The van der Waals surface area contributed by atoms with Crippen molar-refractivity contribution in [3.8, 4) is 0 Å². The summed E-state index contributed by atoms with van der Waals surface area (Å²) in [6.45, 7) is 3.80. The molecule has 76 valence electrons. The molecule has 0 saturated carbocycles. The summed E-state index contributed by atoms with van der Waals surface area (Å²) in [4.78, 5) is 25.6. The number of ether oxygens (including phenoxy) is 1. The van der Waals surface area contributed by atoms with Gasteiger partial charge in [-0.25, -0.2) is 4.98 Å². The predicted molar refractivity (Wildman–Crippen MR) is 52.0 cm³/mol. The molecule has 0 fully saturated rings. The van der Waals surface area contributed by atoms with Gasteiger partial charge in [0.05, 0.1) is 10.6 Å². The van der Waals surface area contributed by atoms with E-state index in [-0.39, 0.29) is 12.5 Å². The van der Waals surface area contributed by atoms with Gasteiger partial charge in [-0.15, -0.1) is 0 Å². The first-order valence-corrected chi connectivity index (χ1v) is 4.74. The first-order chi connectivity index (χ1) is 6.63. The molecule has 5 nitrogen and oxygen atoms in total. The molecule has 1 N–H and O–H groups in total. The van der Waals surface area contributed by atoms with E-state index in [9.17, 15) is 9.59 Å². The van der Waals surface area contributed by atoms with Crippen molar-refractivity contribution in [2.75, 3.05) is 5.32 Å². The number of carbonyl (C=O) groups excluding carboxylic acids is 2. The third-order valence-electron chi connectivity index (χ3n) is 1.46. The summed E-state index contributed by atoms with van der Waals surface area (Å²) in [7, 11) is 0. The van der Waals surface area contributed by atoms with E-state index in [1.54, 1.807) is 6.92 Å². The minimum atomic E-state index is -0.165. The van der Waals surface area contributed by atoms with Gasteiger partial charge in [-0.05, 0) is 6.92 Å². The average Bonchev–Trinajstić information content (AvgIpc) is 2.41. The molecule has 0 aliphatic carbocycles. The molecule has 0 spiro atoms. The number of carbonyl (C=O) groups is 2. The fourth-order valence-corrected chi connectivity index (χ4v) is 1.81. The lowest BCUT2D eigenvalue weighted by Gasteiger charge is -1.94. The van der Waals surface area contributed by atoms with E-state index in [1.165, 1.54) is 18.3 Å². The minimum Gasteiger partial charge on any atom is -0.462 e. The molecule has 0 radical (unpaired) electrons. The molecule has 0 aliphatic heterocycles. The van der Waals surface area contributed by atoms with Crippen LogP contribution in [0.3, 0.4) is 0 Å². The van der Waals surface area contributed by atoms with Gasteiger partial charge in [0.1, 0.15) is 6.61 Å². The fourth-order valence-electron chi connectivity index (χ4n) is 0.876. The van der Waals surface area contributed by atoms with Crippen molar-refractivity contribution >= 4 is 28.8 Å². The van der Waals surface area contributed by atoms with Crippen molar-refractivity contribution in [1.82, 2.24) is 4.98 Å². The van der Waals surface area contributed by atoms with Crippen LogP contribution in [0.15, 0.2) is 0 Å². The van der Waals surface area contributed by atoms with Crippen molar-refractivity contribution in [3.05, 3.63) is 10.6 Å². The molecule has 1 aromatic rings. The van der Waals surface area contributed by atoms with Crippen LogP contribution >= 0.6 is 11.3 Å². The number of nitrogens with zero attached hydrogens (tertiary/aromatic N) is 1. The molecule has 0 bridgehead atoms. The number of aryl methyl sites for hydroxylation is 1. The van der Waals surface area contributed by atoms with E-state index in [1.807, 2.05) is 0 Å². The minimum absolute atomic E-state index is 0.165. The fraction of sp³-hybridized carbons (Fsp3) is 0.375. The normalized spacial score (nSPS) is 9.57. The van der Waals surface area contributed by atoms with Crippen LogP contribution in [-0.2, 0) is 20.9 Å². The van der Waals surface area contributed by atoms with Crippen LogP contribution in [0.2, 0.25) is 0 Å². The van der Waals surface area contributed by atoms with Gasteiger partial charge in [0.25, 0.3) is 6.47 Å². The Morgan fingerprint density at radius 1 is 1.71 bits per heavy atom. The molecule has 0 aliphatic rings. The highest BCUT2D eigenvalue weighted by Gasteiger charge is 2.08. The van der Waals surface area contributed by atoms with E-state index < -0.39 is 0 Å². The Morgan fingerprint density at radius 3 is 3.00 bits per heavy atom. The first-order valence-electron chi connectivity index (χ1n) is 3.92. The highest BCUT2D eigenvalue weighted by Crippen LogP contribution is 2.22. The van der Waals surface area contributed by atoms with E-state index >= 15 is 0 Å². The summed E-state index contributed by atoms with van der Waals surface area (Å²) in [5.74, 6) is -0.165. The molecule has 6 heteroatoms. The second-order valence-corrected chi connectivity index (χ2v) is 3.70. The zero-order chi connectivity index (χ0) is 10.6. The van der Waals surface area contributed by atoms with Gasteiger partial charge in [-0.1, -0.05) is 11.3 Å². The molecule has 0 saturated heterocycles. The molecule has 0 atom stereocenters. The van der Waals surface area contributed by atoms with Crippen LogP contribution in [0, 0.1) is 6.92 Å². The van der Waals surface area contributed by atoms with E-state index in [2.05, 4.69) is 15.0 Å². The maximum atomic E-state index is 10.7. The number of aromatic nitrogens is 1. The van der Waals surface area contributed by atoms with Crippen LogP contribution in [0.1, 0.15) is 17.5 Å². The summed E-state index contributed by atoms with van der Waals surface area (Å²) >= 11 is 1.30. The highest BCUT2D eigenvalue weighted by molar-refractivity contribution is 7.15. The maximum Gasteiger partial charge on any atom is 0.293 e. The van der Waals surface area contributed by atoms with Crippen LogP contribution in [0.4, 0.5) is 5.13 Å². The second-order valence-electron chi connectivity index (χ2n) is 2.62. The number of hydrogen-bond acceptors (Lipinski definition) is 5. The van der Waals surface area contributed by atoms with Gasteiger partial charge in [0.15, 0.2) is 5.13 Å². The quantitative estimate of drug-likeness (QED) is 0.761. The number of amides is 1. The summed E-state index contributed by atoms with van der Waals surface area (Å²) in [6, 6.07) is 0. The molecular formula is C8H10N2O3S. The lowest BCUT2D eigenvalue weighted by molar-refractivity contribution is -0.129. The number of thiazole rings is 1. The van der Waals surface area contributed by atoms with E-state index in [4.69, 9.17) is 0 Å². The predicted octanol–water partition coefficient (Wildman–Crippen LogP) is 1.08. The summed E-state index contributed by atoms with van der Waals surface area (Å²) in [5, 5.41) is 3.09. The number of nitrogens with one attached hydrogen (secondary N) is 1. The third kappa shape index (κ3) is 2.81. The van der Waals surface area contributed by atoms with Crippen LogP contribution < -0.4 is 5.32 Å². The zero-order valence-electron chi connectivity index (χ0n) is 7.86. The second kappa shape index (κ2) is 4.71. The summed E-state index contributed by atoms with van der Waals surface area (Å²) < 4.78 is 4.60. The third-order valence-corrected chi connectivity index (χ3v) is 2.50. The van der Waals surface area contributed by atoms with Gasteiger partial charge in [0, 0.05) is 6.92 Å².